The third-order valence-electron chi connectivity index (χ3n) is 6.24. The first kappa shape index (κ1) is 25.3. The monoisotopic (exact) mass is 490 g/mol. The van der Waals surface area contributed by atoms with Gasteiger partial charge in [0.1, 0.15) is 20.6 Å². The Bertz CT molecular complexity index is 977. The van der Waals surface area contributed by atoms with E-state index >= 15 is 0 Å². The van der Waals surface area contributed by atoms with Gasteiger partial charge in [0.25, 0.3) is 0 Å². The average Bonchev–Trinajstić information content (AvgIpc) is 2.76. The normalized spacial score (nSPS) is 22.0. The molecule has 0 bridgehead atoms. The van der Waals surface area contributed by atoms with Crippen molar-refractivity contribution in [1.29, 1.82) is 0 Å². The highest BCUT2D eigenvalue weighted by molar-refractivity contribution is 7.91. The lowest BCUT2D eigenvalue weighted by Gasteiger charge is -2.35. The number of sulfonamides is 1. The van der Waals surface area contributed by atoms with Crippen LogP contribution in [0.15, 0.2) is 17.2 Å². The molecular formula is C20H34N4O6S2. The molecule has 2 aliphatic rings. The number of nitrogens with zero attached hydrogens (tertiary/aromatic N) is 2. The Labute approximate surface area is 190 Å². The lowest BCUT2D eigenvalue weighted by atomic mass is 9.83. The number of aliphatic hydroxyl groups excluding tert-OH is 1. The number of aliphatic hydroxyl groups is 1. The van der Waals surface area contributed by atoms with Gasteiger partial charge in [-0.25, -0.2) is 26.5 Å². The molecule has 0 aliphatic carbocycles. The molecule has 0 atom stereocenters. The van der Waals surface area contributed by atoms with E-state index in [-0.39, 0.29) is 48.4 Å². The maximum atomic E-state index is 13.2. The third kappa shape index (κ3) is 6.39. The van der Waals surface area contributed by atoms with Gasteiger partial charge >= 0.3 is 0 Å². The quantitative estimate of drug-likeness (QED) is 0.456. The number of rotatable bonds is 9. The molecule has 2 saturated heterocycles. The van der Waals surface area contributed by atoms with Crippen LogP contribution < -0.4 is 10.0 Å². The third-order valence-corrected chi connectivity index (χ3v) is 9.31. The Hall–Kier alpha value is -1.31. The highest BCUT2D eigenvalue weighted by atomic mass is 32.2. The van der Waals surface area contributed by atoms with Gasteiger partial charge in [-0.3, -0.25) is 4.84 Å². The van der Waals surface area contributed by atoms with Crippen molar-refractivity contribution in [3.05, 3.63) is 17.8 Å². The highest BCUT2D eigenvalue weighted by Crippen LogP contribution is 2.32. The van der Waals surface area contributed by atoms with Gasteiger partial charge in [-0.15, -0.1) is 0 Å². The van der Waals surface area contributed by atoms with E-state index in [9.17, 15) is 21.9 Å². The van der Waals surface area contributed by atoms with Crippen LogP contribution in [-0.2, 0) is 24.7 Å². The molecule has 0 spiro atoms. The number of piperidine rings is 1. The van der Waals surface area contributed by atoms with E-state index < -0.39 is 25.3 Å². The highest BCUT2D eigenvalue weighted by Gasteiger charge is 2.38. The Balaban J connectivity index is 1.71. The first-order chi connectivity index (χ1) is 15.1. The molecule has 0 amide bonds. The van der Waals surface area contributed by atoms with E-state index in [0.717, 1.165) is 25.9 Å². The average molecular weight is 491 g/mol. The molecule has 1 aromatic heterocycles. The summed E-state index contributed by atoms with van der Waals surface area (Å²) >= 11 is 0. The van der Waals surface area contributed by atoms with Crippen LogP contribution in [0.3, 0.4) is 0 Å². The molecule has 12 heteroatoms. The lowest BCUT2D eigenvalue weighted by Crippen LogP contribution is -2.45. The minimum Gasteiger partial charge on any atom is -0.396 e. The van der Waals surface area contributed by atoms with Gasteiger partial charge in [-0.05, 0) is 51.2 Å². The van der Waals surface area contributed by atoms with Gasteiger partial charge in [-0.1, -0.05) is 0 Å². The predicted molar refractivity (Wildman–Crippen MR) is 121 cm³/mol. The number of pyridine rings is 1. The largest absolute Gasteiger partial charge is 0.396 e. The zero-order valence-electron chi connectivity index (χ0n) is 18.7. The predicted octanol–water partition coefficient (Wildman–Crippen LogP) is 0.683. The number of aryl methyl sites for hydroxylation is 1. The van der Waals surface area contributed by atoms with E-state index in [4.69, 9.17) is 4.84 Å². The van der Waals surface area contributed by atoms with Gasteiger partial charge in [0, 0.05) is 37.3 Å². The fourth-order valence-electron chi connectivity index (χ4n) is 4.05. The van der Waals surface area contributed by atoms with Crippen molar-refractivity contribution in [3.63, 3.8) is 0 Å². The number of nitrogens with one attached hydrogen (secondary N) is 2. The maximum absolute atomic E-state index is 13.2. The van der Waals surface area contributed by atoms with E-state index in [2.05, 4.69) is 15.0 Å². The molecule has 3 heterocycles. The summed E-state index contributed by atoms with van der Waals surface area (Å²) in [4.78, 5) is 9.92. The molecule has 10 nitrogen and oxygen atoms in total. The number of sulfone groups is 1. The van der Waals surface area contributed by atoms with Crippen LogP contribution >= 0.6 is 0 Å². The van der Waals surface area contributed by atoms with E-state index in [0.29, 0.717) is 18.0 Å². The number of anilines is 1. The van der Waals surface area contributed by atoms with Crippen LogP contribution in [0.4, 0.5) is 5.82 Å². The standard InChI is InChI=1S/C20H34N4O6S2/c1-3-30-24-8-4-17(5-9-24)23-19-18(12-16(2)13-21-19)32(28,29)22-14-20(15-25)6-10-31(26,27)11-7-20/h12-13,17,22,25H,3-11,14-15H2,1-2H3,(H,21,23). The second-order valence-electron chi connectivity index (χ2n) is 8.76. The molecule has 0 aromatic carbocycles. The number of aromatic nitrogens is 1. The second kappa shape index (κ2) is 10.3. The zero-order chi connectivity index (χ0) is 23.4. The van der Waals surface area contributed by atoms with Crippen molar-refractivity contribution in [2.75, 3.05) is 49.7 Å². The fraction of sp³-hybridized carbons (Fsp3) is 0.750. The van der Waals surface area contributed by atoms with Crippen LogP contribution in [0.5, 0.6) is 0 Å². The summed E-state index contributed by atoms with van der Waals surface area (Å²) in [6.45, 7) is 5.53. The maximum Gasteiger partial charge on any atom is 0.244 e. The summed E-state index contributed by atoms with van der Waals surface area (Å²) < 4.78 is 52.5. The minimum absolute atomic E-state index is 0.0263. The van der Waals surface area contributed by atoms with Crippen molar-refractivity contribution >= 4 is 25.7 Å². The van der Waals surface area contributed by atoms with Crippen molar-refractivity contribution in [2.45, 2.75) is 50.5 Å². The van der Waals surface area contributed by atoms with Crippen LogP contribution in [-0.4, -0.2) is 82.4 Å². The Morgan fingerprint density at radius 1 is 1.28 bits per heavy atom. The lowest BCUT2D eigenvalue weighted by molar-refractivity contribution is -0.164. The van der Waals surface area contributed by atoms with Crippen LogP contribution in [0, 0.1) is 12.3 Å². The van der Waals surface area contributed by atoms with Gasteiger partial charge in [-0.2, -0.15) is 5.06 Å². The van der Waals surface area contributed by atoms with Crippen molar-refractivity contribution in [1.82, 2.24) is 14.8 Å². The second-order valence-corrected chi connectivity index (χ2v) is 12.8. The van der Waals surface area contributed by atoms with Gasteiger partial charge in [0.05, 0.1) is 24.7 Å². The summed E-state index contributed by atoms with van der Waals surface area (Å²) in [7, 11) is -7.06. The molecular weight excluding hydrogens is 456 g/mol. The van der Waals surface area contributed by atoms with Crippen LogP contribution in [0.2, 0.25) is 0 Å². The van der Waals surface area contributed by atoms with Gasteiger partial charge < -0.3 is 10.4 Å². The number of hydrogen-bond donors (Lipinski definition) is 3. The van der Waals surface area contributed by atoms with E-state index in [1.165, 1.54) is 0 Å². The molecule has 182 valence electrons. The molecule has 1 aromatic rings. The molecule has 32 heavy (non-hydrogen) atoms. The molecule has 3 rings (SSSR count). The summed E-state index contributed by atoms with van der Waals surface area (Å²) in [5.41, 5.74) is -0.0715. The number of hydroxylamine groups is 2. The zero-order valence-corrected chi connectivity index (χ0v) is 20.3. The number of hydrogen-bond acceptors (Lipinski definition) is 9. The molecule has 3 N–H and O–H groups in total. The van der Waals surface area contributed by atoms with E-state index in [1.54, 1.807) is 19.2 Å². The van der Waals surface area contributed by atoms with Gasteiger partial charge in [0.15, 0.2) is 0 Å². The SMILES string of the molecule is CCON1CCC(Nc2ncc(C)cc2S(=O)(=O)NCC2(CO)CCS(=O)(=O)CC2)CC1. The summed E-state index contributed by atoms with van der Waals surface area (Å²) in [6.07, 6.45) is 3.67. The molecule has 0 saturated carbocycles. The van der Waals surface area contributed by atoms with Crippen molar-refractivity contribution < 1.29 is 26.8 Å². The fourth-order valence-corrected chi connectivity index (χ4v) is 7.10. The molecule has 0 radical (unpaired) electrons. The molecule has 2 aliphatic heterocycles. The summed E-state index contributed by atoms with van der Waals surface area (Å²) in [5.74, 6) is 0.200. The molecule has 2 fully saturated rings. The smallest absolute Gasteiger partial charge is 0.244 e. The van der Waals surface area contributed by atoms with E-state index in [1.807, 2.05) is 12.0 Å². The Morgan fingerprint density at radius 3 is 2.53 bits per heavy atom. The first-order valence-electron chi connectivity index (χ1n) is 11.0. The van der Waals surface area contributed by atoms with Crippen LogP contribution in [0.25, 0.3) is 0 Å². The topological polar surface area (TPSA) is 138 Å². The van der Waals surface area contributed by atoms with Crippen molar-refractivity contribution in [2.24, 2.45) is 5.41 Å². The first-order valence-corrected chi connectivity index (χ1v) is 14.3. The summed E-state index contributed by atoms with van der Waals surface area (Å²) in [6, 6.07) is 1.65. The van der Waals surface area contributed by atoms with Crippen molar-refractivity contribution in [3.8, 4) is 0 Å². The van der Waals surface area contributed by atoms with Gasteiger partial charge in [0.2, 0.25) is 10.0 Å². The molecule has 0 unspecified atom stereocenters. The van der Waals surface area contributed by atoms with Crippen LogP contribution in [0.1, 0.15) is 38.2 Å². The summed E-state index contributed by atoms with van der Waals surface area (Å²) in [5, 5.41) is 15.1. The Kier molecular flexibility index (Phi) is 8.16. The Morgan fingerprint density at radius 2 is 1.94 bits per heavy atom. The minimum atomic E-state index is -3.93.